The van der Waals surface area contributed by atoms with E-state index in [1.165, 1.54) is 11.3 Å². The predicted octanol–water partition coefficient (Wildman–Crippen LogP) is 5.36. The Balaban J connectivity index is 1.58. The lowest BCUT2D eigenvalue weighted by Gasteiger charge is -2.18. The summed E-state index contributed by atoms with van der Waals surface area (Å²) < 4.78 is 0. The molecule has 27 heavy (non-hydrogen) atoms. The number of carbonyl (C=O) groups is 1. The van der Waals surface area contributed by atoms with Crippen LogP contribution in [0.5, 0.6) is 0 Å². The number of fused-ring (bicyclic) bond motifs is 3. The van der Waals surface area contributed by atoms with Gasteiger partial charge in [-0.2, -0.15) is 0 Å². The van der Waals surface area contributed by atoms with E-state index >= 15 is 0 Å². The number of nitrogens with zero attached hydrogens (tertiary/aromatic N) is 1. The van der Waals surface area contributed by atoms with E-state index in [1.54, 1.807) is 12.1 Å². The van der Waals surface area contributed by atoms with Crippen molar-refractivity contribution in [3.63, 3.8) is 0 Å². The van der Waals surface area contributed by atoms with E-state index in [4.69, 9.17) is 4.84 Å². The number of carbonyl (C=O) groups excluding carboxylic acids is 1. The molecule has 0 unspecified atom stereocenters. The fraction of sp³-hybridized carbons (Fsp3) is 0.304. The van der Waals surface area contributed by atoms with Gasteiger partial charge >= 0.3 is 5.97 Å². The molecule has 4 nitrogen and oxygen atoms in total. The summed E-state index contributed by atoms with van der Waals surface area (Å²) in [5.41, 5.74) is 5.95. The number of para-hydroxylation sites is 1. The average Bonchev–Trinajstić information content (AvgIpc) is 3.04. The highest BCUT2D eigenvalue weighted by molar-refractivity contribution is 6.12. The van der Waals surface area contributed by atoms with Gasteiger partial charge in [-0.25, -0.2) is 4.79 Å². The molecule has 3 aromatic rings. The van der Waals surface area contributed by atoms with Crippen LogP contribution in [0.4, 0.5) is 0 Å². The summed E-state index contributed by atoms with van der Waals surface area (Å²) in [6, 6.07) is 15.7. The van der Waals surface area contributed by atoms with Crippen LogP contribution in [0.15, 0.2) is 53.7 Å². The summed E-state index contributed by atoms with van der Waals surface area (Å²) in [5, 5.41) is 5.38. The molecule has 0 aliphatic heterocycles. The quantitative estimate of drug-likeness (QED) is 0.494. The van der Waals surface area contributed by atoms with Crippen LogP contribution < -0.4 is 0 Å². The first-order valence-corrected chi connectivity index (χ1v) is 9.42. The monoisotopic (exact) mass is 360 g/mol. The van der Waals surface area contributed by atoms with Crippen molar-refractivity contribution in [2.45, 2.75) is 45.4 Å². The van der Waals surface area contributed by atoms with Crippen molar-refractivity contribution in [2.24, 2.45) is 5.16 Å². The Morgan fingerprint density at radius 3 is 2.52 bits per heavy atom. The molecule has 0 amide bonds. The molecular formula is C23H24N2O2. The van der Waals surface area contributed by atoms with Gasteiger partial charge in [-0.1, -0.05) is 56.3 Å². The Labute approximate surface area is 159 Å². The zero-order valence-electron chi connectivity index (χ0n) is 16.0. The van der Waals surface area contributed by atoms with E-state index in [9.17, 15) is 4.79 Å². The minimum Gasteiger partial charge on any atom is -0.358 e. The van der Waals surface area contributed by atoms with Gasteiger partial charge in [-0.05, 0) is 48.4 Å². The molecule has 0 fully saturated rings. The third-order valence-corrected chi connectivity index (χ3v) is 5.14. The Bertz CT molecular complexity index is 1020. The fourth-order valence-electron chi connectivity index (χ4n) is 3.62. The minimum atomic E-state index is -0.421. The second kappa shape index (κ2) is 6.69. The summed E-state index contributed by atoms with van der Waals surface area (Å²) in [6.07, 6.45) is 2.80. The van der Waals surface area contributed by atoms with Gasteiger partial charge in [-0.15, -0.1) is 0 Å². The lowest BCUT2D eigenvalue weighted by molar-refractivity contribution is 0.0515. The third-order valence-electron chi connectivity index (χ3n) is 5.14. The average molecular weight is 360 g/mol. The summed E-state index contributed by atoms with van der Waals surface area (Å²) in [4.78, 5) is 21.2. The van der Waals surface area contributed by atoms with Crippen LogP contribution >= 0.6 is 0 Å². The smallest absolute Gasteiger partial charge is 0.358 e. The normalized spacial score (nSPS) is 15.7. The SMILES string of the molecule is CC(C)(C)c1ccc(C(=O)ON=C2CCCc3[nH]c4ccccc4c32)cc1. The zero-order valence-corrected chi connectivity index (χ0v) is 16.0. The number of aryl methyl sites for hydroxylation is 1. The summed E-state index contributed by atoms with van der Waals surface area (Å²) in [7, 11) is 0. The number of benzene rings is 2. The first-order chi connectivity index (χ1) is 12.9. The third kappa shape index (κ3) is 3.39. The number of nitrogens with one attached hydrogen (secondary N) is 1. The fourth-order valence-corrected chi connectivity index (χ4v) is 3.62. The molecule has 0 radical (unpaired) electrons. The highest BCUT2D eigenvalue weighted by Gasteiger charge is 2.22. The number of oxime groups is 1. The van der Waals surface area contributed by atoms with Crippen LogP contribution in [-0.2, 0) is 16.7 Å². The van der Waals surface area contributed by atoms with Crippen molar-refractivity contribution in [1.29, 1.82) is 0 Å². The lowest BCUT2D eigenvalue weighted by Crippen LogP contribution is -2.13. The number of aromatic nitrogens is 1. The van der Waals surface area contributed by atoms with Gasteiger partial charge in [0.2, 0.25) is 0 Å². The molecular weight excluding hydrogens is 336 g/mol. The van der Waals surface area contributed by atoms with Crippen molar-refractivity contribution in [1.82, 2.24) is 4.98 Å². The molecule has 4 rings (SSSR count). The van der Waals surface area contributed by atoms with Crippen LogP contribution in [0, 0.1) is 0 Å². The Kier molecular flexibility index (Phi) is 4.34. The number of hydrogen-bond donors (Lipinski definition) is 1. The van der Waals surface area contributed by atoms with Crippen LogP contribution in [0.25, 0.3) is 10.9 Å². The van der Waals surface area contributed by atoms with Crippen molar-refractivity contribution in [3.05, 3.63) is 70.9 Å². The second-order valence-corrected chi connectivity index (χ2v) is 8.12. The summed E-state index contributed by atoms with van der Waals surface area (Å²) >= 11 is 0. The van der Waals surface area contributed by atoms with Crippen LogP contribution in [0.1, 0.15) is 60.8 Å². The largest absolute Gasteiger partial charge is 0.365 e. The molecule has 138 valence electrons. The van der Waals surface area contributed by atoms with Gasteiger partial charge < -0.3 is 9.82 Å². The Morgan fingerprint density at radius 1 is 1.04 bits per heavy atom. The van der Waals surface area contributed by atoms with Crippen LogP contribution in [0.3, 0.4) is 0 Å². The minimum absolute atomic E-state index is 0.0521. The van der Waals surface area contributed by atoms with Gasteiger partial charge in [0.15, 0.2) is 0 Å². The van der Waals surface area contributed by atoms with Crippen molar-refractivity contribution in [2.75, 3.05) is 0 Å². The molecule has 1 aliphatic carbocycles. The molecule has 4 heteroatoms. The van der Waals surface area contributed by atoms with Crippen molar-refractivity contribution in [3.8, 4) is 0 Å². The molecule has 0 atom stereocenters. The van der Waals surface area contributed by atoms with Gasteiger partial charge in [0, 0.05) is 22.2 Å². The van der Waals surface area contributed by atoms with Gasteiger partial charge in [0.1, 0.15) is 0 Å². The molecule has 0 bridgehead atoms. The predicted molar refractivity (Wildman–Crippen MR) is 108 cm³/mol. The number of aromatic amines is 1. The summed E-state index contributed by atoms with van der Waals surface area (Å²) in [5.74, 6) is -0.421. The lowest BCUT2D eigenvalue weighted by atomic mass is 9.87. The zero-order chi connectivity index (χ0) is 19.0. The highest BCUT2D eigenvalue weighted by Crippen LogP contribution is 2.29. The standard InChI is InChI=1S/C23H24N2O2/c1-23(2,3)16-13-11-15(12-14-16)22(26)27-25-20-10-6-9-19-21(20)17-7-4-5-8-18(17)24-19/h4-5,7-8,11-14,24H,6,9-10H2,1-3H3. The molecule has 2 aromatic carbocycles. The van der Waals surface area contributed by atoms with Crippen molar-refractivity contribution >= 4 is 22.6 Å². The van der Waals surface area contributed by atoms with E-state index in [2.05, 4.69) is 43.0 Å². The Hall–Kier alpha value is -2.88. The molecule has 1 aromatic heterocycles. The molecule has 0 spiro atoms. The van der Waals surface area contributed by atoms with Gasteiger partial charge in [0.25, 0.3) is 0 Å². The van der Waals surface area contributed by atoms with E-state index in [0.717, 1.165) is 41.4 Å². The Morgan fingerprint density at radius 2 is 1.78 bits per heavy atom. The maximum absolute atomic E-state index is 12.4. The maximum Gasteiger partial charge on any atom is 0.365 e. The number of hydrogen-bond acceptors (Lipinski definition) is 3. The van der Waals surface area contributed by atoms with E-state index in [0.29, 0.717) is 5.56 Å². The molecule has 1 aliphatic rings. The van der Waals surface area contributed by atoms with Crippen molar-refractivity contribution < 1.29 is 9.63 Å². The topological polar surface area (TPSA) is 54.4 Å². The highest BCUT2D eigenvalue weighted by atomic mass is 16.7. The maximum atomic E-state index is 12.4. The van der Waals surface area contributed by atoms with Gasteiger partial charge in [0.05, 0.1) is 11.3 Å². The number of rotatable bonds is 2. The molecule has 0 saturated heterocycles. The second-order valence-electron chi connectivity index (χ2n) is 8.12. The molecule has 1 N–H and O–H groups in total. The molecule has 0 saturated carbocycles. The molecule has 1 heterocycles. The van der Waals surface area contributed by atoms with Crippen LogP contribution in [0.2, 0.25) is 0 Å². The van der Waals surface area contributed by atoms with E-state index in [-0.39, 0.29) is 5.41 Å². The summed E-state index contributed by atoms with van der Waals surface area (Å²) in [6.45, 7) is 6.44. The van der Waals surface area contributed by atoms with E-state index < -0.39 is 5.97 Å². The van der Waals surface area contributed by atoms with Crippen LogP contribution in [-0.4, -0.2) is 16.7 Å². The van der Waals surface area contributed by atoms with E-state index in [1.807, 2.05) is 24.3 Å². The first-order valence-electron chi connectivity index (χ1n) is 9.42. The first kappa shape index (κ1) is 17.5. The number of H-pyrrole nitrogens is 1. The van der Waals surface area contributed by atoms with Gasteiger partial charge in [-0.3, -0.25) is 0 Å².